The summed E-state index contributed by atoms with van der Waals surface area (Å²) in [6.07, 6.45) is 2.54. The van der Waals surface area contributed by atoms with Crippen LogP contribution >= 0.6 is 11.3 Å². The van der Waals surface area contributed by atoms with E-state index in [1.807, 2.05) is 12.3 Å². The van der Waals surface area contributed by atoms with Crippen molar-refractivity contribution >= 4 is 17.2 Å². The van der Waals surface area contributed by atoms with Crippen molar-refractivity contribution in [3.8, 4) is 0 Å². The number of hydrogen-bond donors (Lipinski definition) is 2. The number of nitrogens with one attached hydrogen (secondary N) is 2. The Hall–Kier alpha value is -0.940. The molecular formula is C11H17N3OS. The van der Waals surface area contributed by atoms with Crippen LogP contribution in [0.2, 0.25) is 0 Å². The van der Waals surface area contributed by atoms with Crippen LogP contribution in [0.5, 0.6) is 0 Å². The van der Waals surface area contributed by atoms with Gasteiger partial charge in [-0.1, -0.05) is 0 Å². The number of hydrogen-bond acceptors (Lipinski definition) is 4. The fourth-order valence-electron chi connectivity index (χ4n) is 1.44. The molecule has 0 saturated heterocycles. The minimum absolute atomic E-state index is 0.0823. The summed E-state index contributed by atoms with van der Waals surface area (Å²) in [6.45, 7) is 3.87. The Morgan fingerprint density at radius 1 is 1.62 bits per heavy atom. The van der Waals surface area contributed by atoms with Gasteiger partial charge >= 0.3 is 0 Å². The lowest BCUT2D eigenvalue weighted by Gasteiger charge is -2.04. The summed E-state index contributed by atoms with van der Waals surface area (Å²) in [5, 5.41) is 9.09. The first-order valence-corrected chi connectivity index (χ1v) is 6.50. The molecule has 4 nitrogen and oxygen atoms in total. The SMILES string of the molecule is Cc1nc(CNCC(=O)NCC2CC2)cs1. The maximum Gasteiger partial charge on any atom is 0.233 e. The Bertz CT molecular complexity index is 360. The summed E-state index contributed by atoms with van der Waals surface area (Å²) in [7, 11) is 0. The molecule has 0 atom stereocenters. The van der Waals surface area contributed by atoms with E-state index in [0.717, 1.165) is 23.2 Å². The van der Waals surface area contributed by atoms with Crippen molar-refractivity contribution in [2.75, 3.05) is 13.1 Å². The standard InChI is InChI=1S/C11H17N3OS/c1-8-14-10(7-16-8)5-12-6-11(15)13-4-9-2-3-9/h7,9,12H,2-6H2,1H3,(H,13,15). The van der Waals surface area contributed by atoms with Crippen molar-refractivity contribution in [1.29, 1.82) is 0 Å². The third-order valence-corrected chi connectivity index (χ3v) is 3.37. The van der Waals surface area contributed by atoms with Gasteiger partial charge in [-0.3, -0.25) is 4.79 Å². The number of carbonyl (C=O) groups is 1. The highest BCUT2D eigenvalue weighted by atomic mass is 32.1. The van der Waals surface area contributed by atoms with Crippen LogP contribution in [0.25, 0.3) is 0 Å². The zero-order chi connectivity index (χ0) is 11.4. The van der Waals surface area contributed by atoms with Gasteiger partial charge in [0.1, 0.15) is 0 Å². The van der Waals surface area contributed by atoms with Crippen LogP contribution in [-0.4, -0.2) is 24.0 Å². The van der Waals surface area contributed by atoms with Crippen molar-refractivity contribution in [1.82, 2.24) is 15.6 Å². The molecule has 0 spiro atoms. The minimum Gasteiger partial charge on any atom is -0.355 e. The summed E-state index contributed by atoms with van der Waals surface area (Å²) < 4.78 is 0. The molecule has 1 aliphatic rings. The summed E-state index contributed by atoms with van der Waals surface area (Å²) in [5.41, 5.74) is 1.01. The molecule has 1 aromatic rings. The number of aromatic nitrogens is 1. The molecule has 1 aliphatic carbocycles. The Balaban J connectivity index is 1.57. The van der Waals surface area contributed by atoms with E-state index in [-0.39, 0.29) is 5.91 Å². The molecule has 0 radical (unpaired) electrons. The highest BCUT2D eigenvalue weighted by Gasteiger charge is 2.21. The quantitative estimate of drug-likeness (QED) is 0.780. The second kappa shape index (κ2) is 5.41. The Kier molecular flexibility index (Phi) is 3.90. The zero-order valence-electron chi connectivity index (χ0n) is 9.45. The summed E-state index contributed by atoms with van der Waals surface area (Å²) in [4.78, 5) is 15.7. The van der Waals surface area contributed by atoms with Crippen LogP contribution < -0.4 is 10.6 Å². The van der Waals surface area contributed by atoms with Crippen LogP contribution in [0.4, 0.5) is 0 Å². The van der Waals surface area contributed by atoms with Gasteiger partial charge in [0.15, 0.2) is 0 Å². The number of aryl methyl sites for hydroxylation is 1. The van der Waals surface area contributed by atoms with Gasteiger partial charge in [0.2, 0.25) is 5.91 Å². The molecule has 1 aromatic heterocycles. The van der Waals surface area contributed by atoms with Gasteiger partial charge in [-0.25, -0.2) is 4.98 Å². The number of rotatable bonds is 6. The van der Waals surface area contributed by atoms with E-state index >= 15 is 0 Å². The Labute approximate surface area is 99.5 Å². The van der Waals surface area contributed by atoms with Crippen molar-refractivity contribution < 1.29 is 4.79 Å². The monoisotopic (exact) mass is 239 g/mol. The number of carbonyl (C=O) groups excluding carboxylic acids is 1. The van der Waals surface area contributed by atoms with Crippen LogP contribution in [0.15, 0.2) is 5.38 Å². The molecule has 1 saturated carbocycles. The highest BCUT2D eigenvalue weighted by molar-refractivity contribution is 7.09. The predicted molar refractivity (Wildman–Crippen MR) is 64.3 cm³/mol. The first kappa shape index (κ1) is 11.5. The molecule has 2 N–H and O–H groups in total. The first-order chi connectivity index (χ1) is 7.74. The van der Waals surface area contributed by atoms with Crippen molar-refractivity contribution in [3.05, 3.63) is 16.1 Å². The van der Waals surface area contributed by atoms with Crippen LogP contribution in [0.3, 0.4) is 0 Å². The molecule has 0 bridgehead atoms. The maximum atomic E-state index is 11.4. The fraction of sp³-hybridized carbons (Fsp3) is 0.636. The van der Waals surface area contributed by atoms with E-state index in [4.69, 9.17) is 0 Å². The smallest absolute Gasteiger partial charge is 0.233 e. The molecule has 1 heterocycles. The molecule has 16 heavy (non-hydrogen) atoms. The molecule has 2 rings (SSSR count). The zero-order valence-corrected chi connectivity index (χ0v) is 10.3. The summed E-state index contributed by atoms with van der Waals surface area (Å²) >= 11 is 1.63. The van der Waals surface area contributed by atoms with E-state index in [2.05, 4.69) is 15.6 Å². The lowest BCUT2D eigenvalue weighted by atomic mass is 10.4. The van der Waals surface area contributed by atoms with E-state index in [9.17, 15) is 4.79 Å². The first-order valence-electron chi connectivity index (χ1n) is 5.62. The molecule has 5 heteroatoms. The van der Waals surface area contributed by atoms with Crippen LogP contribution in [-0.2, 0) is 11.3 Å². The Morgan fingerprint density at radius 3 is 3.06 bits per heavy atom. The van der Waals surface area contributed by atoms with Crippen molar-refractivity contribution in [3.63, 3.8) is 0 Å². The average Bonchev–Trinajstić information content (AvgIpc) is 2.99. The van der Waals surface area contributed by atoms with Gasteiger partial charge < -0.3 is 10.6 Å². The van der Waals surface area contributed by atoms with Gasteiger partial charge in [-0.15, -0.1) is 11.3 Å². The van der Waals surface area contributed by atoms with E-state index < -0.39 is 0 Å². The van der Waals surface area contributed by atoms with Crippen LogP contribution in [0.1, 0.15) is 23.5 Å². The molecule has 0 aromatic carbocycles. The largest absolute Gasteiger partial charge is 0.355 e. The lowest BCUT2D eigenvalue weighted by Crippen LogP contribution is -2.34. The van der Waals surface area contributed by atoms with Gasteiger partial charge in [-0.2, -0.15) is 0 Å². The van der Waals surface area contributed by atoms with E-state index in [1.54, 1.807) is 11.3 Å². The minimum atomic E-state index is 0.0823. The third kappa shape index (κ3) is 3.90. The molecule has 1 amide bonds. The second-order valence-electron chi connectivity index (χ2n) is 4.21. The number of thiazole rings is 1. The van der Waals surface area contributed by atoms with Gasteiger partial charge in [0, 0.05) is 18.5 Å². The van der Waals surface area contributed by atoms with Crippen molar-refractivity contribution in [2.45, 2.75) is 26.3 Å². The van der Waals surface area contributed by atoms with E-state index in [0.29, 0.717) is 13.1 Å². The topological polar surface area (TPSA) is 54.0 Å². The second-order valence-corrected chi connectivity index (χ2v) is 5.27. The predicted octanol–water partition coefficient (Wildman–Crippen LogP) is 1.07. The summed E-state index contributed by atoms with van der Waals surface area (Å²) in [5.74, 6) is 0.823. The maximum absolute atomic E-state index is 11.4. The average molecular weight is 239 g/mol. The van der Waals surface area contributed by atoms with Crippen molar-refractivity contribution in [2.24, 2.45) is 5.92 Å². The van der Waals surface area contributed by atoms with Gasteiger partial charge in [0.05, 0.1) is 17.2 Å². The fourth-order valence-corrected chi connectivity index (χ4v) is 2.05. The van der Waals surface area contributed by atoms with E-state index in [1.165, 1.54) is 12.8 Å². The molecule has 88 valence electrons. The number of amides is 1. The summed E-state index contributed by atoms with van der Waals surface area (Å²) in [6, 6.07) is 0. The Morgan fingerprint density at radius 2 is 2.44 bits per heavy atom. The number of nitrogens with zero attached hydrogens (tertiary/aromatic N) is 1. The third-order valence-electron chi connectivity index (χ3n) is 2.54. The van der Waals surface area contributed by atoms with Crippen LogP contribution in [0, 0.1) is 12.8 Å². The lowest BCUT2D eigenvalue weighted by molar-refractivity contribution is -0.120. The molecule has 0 aliphatic heterocycles. The van der Waals surface area contributed by atoms with Gasteiger partial charge in [0.25, 0.3) is 0 Å². The molecule has 1 fully saturated rings. The van der Waals surface area contributed by atoms with Gasteiger partial charge in [-0.05, 0) is 25.7 Å². The highest BCUT2D eigenvalue weighted by Crippen LogP contribution is 2.27. The normalized spacial score (nSPS) is 15.1. The molecular weight excluding hydrogens is 222 g/mol. The molecule has 0 unspecified atom stereocenters.